The first-order valence-corrected chi connectivity index (χ1v) is 25.5. The molecule has 3 saturated heterocycles. The summed E-state index contributed by atoms with van der Waals surface area (Å²) in [4.78, 5) is 158. The minimum Gasteiger partial charge on any atom is -0.459 e. The smallest absolute Gasteiger partial charge is 0.330 e. The van der Waals surface area contributed by atoms with Crippen molar-refractivity contribution in [1.29, 1.82) is 0 Å². The van der Waals surface area contributed by atoms with E-state index in [-0.39, 0.29) is 114 Å². The summed E-state index contributed by atoms with van der Waals surface area (Å²) in [5.74, 6) is -3.91. The lowest BCUT2D eigenvalue weighted by Gasteiger charge is -2.23. The van der Waals surface area contributed by atoms with Gasteiger partial charge in [-0.15, -0.1) is 0 Å². The van der Waals surface area contributed by atoms with E-state index in [0.29, 0.717) is 0 Å². The van der Waals surface area contributed by atoms with Gasteiger partial charge in [0.25, 0.3) is 16.7 Å². The largest absolute Gasteiger partial charge is 0.459 e. The van der Waals surface area contributed by atoms with Crippen LogP contribution in [0.15, 0.2) is 47.4 Å². The third-order valence-corrected chi connectivity index (χ3v) is 13.2. The Hall–Kier alpha value is -7.42. The van der Waals surface area contributed by atoms with Crippen molar-refractivity contribution in [3.63, 3.8) is 0 Å². The molecule has 9 atom stereocenters. The van der Waals surface area contributed by atoms with Gasteiger partial charge >= 0.3 is 35.0 Å². The van der Waals surface area contributed by atoms with Gasteiger partial charge in [-0.1, -0.05) is 0 Å². The summed E-state index contributed by atoms with van der Waals surface area (Å²) < 4.78 is 37.0. The second kappa shape index (κ2) is 28.5. The molecule has 3 aliphatic rings. The second-order valence-corrected chi connectivity index (χ2v) is 19.1. The summed E-state index contributed by atoms with van der Waals surface area (Å²) in [6.45, 7) is 3.47. The number of ether oxygens (including phenoxy) is 6. The van der Waals surface area contributed by atoms with Crippen LogP contribution in [0.25, 0.3) is 0 Å². The number of aryl methyl sites for hydroxylation is 3. The van der Waals surface area contributed by atoms with E-state index in [1.54, 1.807) is 4.90 Å². The van der Waals surface area contributed by atoms with E-state index in [2.05, 4.69) is 30.9 Å². The number of aliphatic hydroxyl groups excluding tert-OH is 3. The highest BCUT2D eigenvalue weighted by Gasteiger charge is 2.41. The van der Waals surface area contributed by atoms with Crippen molar-refractivity contribution >= 4 is 35.6 Å². The maximum atomic E-state index is 12.9. The van der Waals surface area contributed by atoms with E-state index in [4.69, 9.17) is 28.4 Å². The van der Waals surface area contributed by atoms with Crippen LogP contribution in [0.3, 0.4) is 0 Å². The highest BCUT2D eigenvalue weighted by Crippen LogP contribution is 2.32. The lowest BCUT2D eigenvalue weighted by Crippen LogP contribution is -2.43. The van der Waals surface area contributed by atoms with Crippen LogP contribution in [-0.2, 0) is 57.2 Å². The minimum absolute atomic E-state index is 0.0196. The Morgan fingerprint density at radius 2 is 0.759 bits per heavy atom. The van der Waals surface area contributed by atoms with Crippen LogP contribution >= 0.6 is 0 Å². The fourth-order valence-corrected chi connectivity index (χ4v) is 8.87. The van der Waals surface area contributed by atoms with Crippen LogP contribution in [0.1, 0.15) is 93.2 Å². The summed E-state index contributed by atoms with van der Waals surface area (Å²) in [7, 11) is 0. The summed E-state index contributed by atoms with van der Waals surface area (Å²) in [6, 6.07) is 0. The summed E-state index contributed by atoms with van der Waals surface area (Å²) >= 11 is 0. The number of aromatic nitrogens is 6. The van der Waals surface area contributed by atoms with Crippen molar-refractivity contribution in [2.75, 3.05) is 59.1 Å². The minimum atomic E-state index is -0.986. The van der Waals surface area contributed by atoms with Crippen LogP contribution in [0, 0.1) is 20.8 Å². The van der Waals surface area contributed by atoms with E-state index in [9.17, 15) is 72.9 Å². The highest BCUT2D eigenvalue weighted by atomic mass is 16.6. The number of hydrogen-bond acceptors (Lipinski definition) is 22. The first kappa shape index (κ1) is 60.8. The molecule has 3 aliphatic heterocycles. The first-order valence-electron chi connectivity index (χ1n) is 25.5. The monoisotopic (exact) mass is 1120 g/mol. The zero-order valence-corrected chi connectivity index (χ0v) is 43.6. The number of H-pyrrole nitrogens is 3. The molecule has 3 fully saturated rings. The topological polar surface area (TPSA) is 422 Å². The number of nitrogens with one attached hydrogen (secondary N) is 6. The Labute approximate surface area is 447 Å². The van der Waals surface area contributed by atoms with Gasteiger partial charge in [0.05, 0.1) is 39.1 Å². The molecule has 0 saturated carbocycles. The Kier molecular flexibility index (Phi) is 21.9. The fraction of sp³-hybridized carbons (Fsp3) is 0.625. The Morgan fingerprint density at radius 3 is 1.01 bits per heavy atom. The molecule has 0 spiro atoms. The third kappa shape index (κ3) is 17.0. The molecule has 0 radical (unpaired) electrons. The zero-order chi connectivity index (χ0) is 57.5. The van der Waals surface area contributed by atoms with Gasteiger partial charge in [0, 0.05) is 113 Å². The van der Waals surface area contributed by atoms with Crippen LogP contribution in [0.2, 0.25) is 0 Å². The van der Waals surface area contributed by atoms with E-state index >= 15 is 0 Å². The van der Waals surface area contributed by atoms with Crippen LogP contribution in [0.5, 0.6) is 0 Å². The number of carbonyl (C=O) groups is 6. The summed E-state index contributed by atoms with van der Waals surface area (Å²) in [6.07, 6.45) is -6.81. The quantitative estimate of drug-likeness (QED) is 0.0255. The maximum Gasteiger partial charge on any atom is 0.330 e. The Morgan fingerprint density at radius 1 is 0.494 bits per heavy atom. The van der Waals surface area contributed by atoms with E-state index in [1.807, 2.05) is 0 Å². The molecule has 3 amide bonds. The average Bonchev–Trinajstić information content (AvgIpc) is 4.13. The van der Waals surface area contributed by atoms with Crippen LogP contribution < -0.4 is 49.7 Å². The van der Waals surface area contributed by atoms with Gasteiger partial charge in [-0.3, -0.25) is 76.7 Å². The van der Waals surface area contributed by atoms with Gasteiger partial charge in [-0.25, -0.2) is 14.4 Å². The molecular formula is C48H66N10O21. The van der Waals surface area contributed by atoms with Crippen molar-refractivity contribution in [1.82, 2.24) is 49.5 Å². The number of hydrogen-bond donors (Lipinski definition) is 9. The van der Waals surface area contributed by atoms with Gasteiger partial charge in [-0.2, -0.15) is 0 Å². The molecule has 0 aromatic carbocycles. The molecule has 0 bridgehead atoms. The predicted octanol–water partition coefficient (Wildman–Crippen LogP) is -4.87. The normalized spacial score (nSPS) is 22.6. The van der Waals surface area contributed by atoms with E-state index in [0.717, 1.165) is 13.7 Å². The van der Waals surface area contributed by atoms with Crippen molar-refractivity contribution in [2.45, 2.75) is 134 Å². The van der Waals surface area contributed by atoms with Crippen molar-refractivity contribution < 1.29 is 72.5 Å². The molecule has 31 nitrogen and oxygen atoms in total. The molecular weight excluding hydrogens is 1050 g/mol. The lowest BCUT2D eigenvalue weighted by atomic mass is 10.2. The fourth-order valence-electron chi connectivity index (χ4n) is 8.87. The predicted molar refractivity (Wildman–Crippen MR) is 268 cm³/mol. The van der Waals surface area contributed by atoms with E-state index in [1.165, 1.54) is 39.4 Å². The lowest BCUT2D eigenvalue weighted by molar-refractivity contribution is -0.154. The molecule has 79 heavy (non-hydrogen) atoms. The Balaban J connectivity index is 0.952. The van der Waals surface area contributed by atoms with Gasteiger partial charge in [-0.05, 0) is 20.8 Å². The molecule has 0 unspecified atom stereocenters. The SMILES string of the molecule is Cc1cn([C@H]2C[C@H](OC(=O)CCC(=O)NCCN(CCNC(=O)CCC(=O)O[C@H]3C[C@H](n4cc(C)c(=O)[nH]c4=O)O[C@@H]3CO)CCNC(=O)CCC(=O)O[C@H]3C[C@H](n4cc(C)c(=O)[nH]c4=O)O[C@@H]3CO)[C@@H](CO)O2)c(=O)[nH]c1=O. The second-order valence-electron chi connectivity index (χ2n) is 19.1. The molecule has 3 aromatic rings. The van der Waals surface area contributed by atoms with Crippen molar-refractivity contribution in [3.05, 3.63) is 97.8 Å². The van der Waals surface area contributed by atoms with Gasteiger partial charge in [0.2, 0.25) is 17.7 Å². The Bertz CT molecular complexity index is 2720. The number of carbonyl (C=O) groups excluding carboxylic acids is 6. The number of esters is 3. The number of aromatic amines is 3. The number of nitrogens with zero attached hydrogens (tertiary/aromatic N) is 4. The molecule has 0 aliphatic carbocycles. The molecule has 434 valence electrons. The number of aliphatic hydroxyl groups is 3. The summed E-state index contributed by atoms with van der Waals surface area (Å²) in [5.41, 5.74) is -3.28. The number of rotatable bonds is 27. The van der Waals surface area contributed by atoms with Gasteiger partial charge in [0.1, 0.15) is 55.3 Å². The zero-order valence-electron chi connectivity index (χ0n) is 43.6. The van der Waals surface area contributed by atoms with Crippen LogP contribution in [-0.4, -0.2) is 180 Å². The average molecular weight is 1120 g/mol. The van der Waals surface area contributed by atoms with Gasteiger partial charge < -0.3 is 59.7 Å². The molecule has 9 N–H and O–H groups in total. The highest BCUT2D eigenvalue weighted by molar-refractivity contribution is 5.82. The van der Waals surface area contributed by atoms with Crippen molar-refractivity contribution in [3.8, 4) is 0 Å². The standard InChI is InChI=1S/C48H66N10O21/c1-25-19-56(46(71)52-43(25)68)37-16-28(31(22-59)74-37)77-40(65)7-4-34(62)49-10-13-55(14-11-50-35(63)5-8-41(66)78-29-17-38(75-32(29)23-60)57-20-26(2)44(69)53-47(57)72)15-12-51-36(64)6-9-42(67)79-30-18-39(76-33(30)24-61)58-21-27(3)45(70)54-48(58)73/h19-21,28-33,37-39,59-61H,4-18,22-24H2,1-3H3,(H,49,62)(H,50,63)(H,51,64)(H,52,68,71)(H,53,69,72)(H,54,70,73)/t28-,29-,30-,31+,32+,33+,37+,38+,39+/m0/s1. The molecule has 6 heterocycles. The van der Waals surface area contributed by atoms with E-state index < -0.39 is 145 Å². The molecule has 6 rings (SSSR count). The number of amides is 3. The third-order valence-electron chi connectivity index (χ3n) is 13.2. The van der Waals surface area contributed by atoms with Crippen LogP contribution in [0.4, 0.5) is 0 Å². The maximum absolute atomic E-state index is 12.9. The molecule has 31 heteroatoms. The first-order chi connectivity index (χ1) is 37.7. The molecule has 3 aromatic heterocycles. The van der Waals surface area contributed by atoms with Crippen molar-refractivity contribution in [2.24, 2.45) is 0 Å². The van der Waals surface area contributed by atoms with Gasteiger partial charge in [0.15, 0.2) is 0 Å². The summed E-state index contributed by atoms with van der Waals surface area (Å²) in [5, 5.41) is 37.7.